The number of esters is 1. The monoisotopic (exact) mass is 392 g/mol. The Bertz CT molecular complexity index is 868. The molecule has 2 aromatic rings. The first-order chi connectivity index (χ1) is 12.6. The van der Waals surface area contributed by atoms with Crippen LogP contribution in [0.5, 0.6) is 0 Å². The summed E-state index contributed by atoms with van der Waals surface area (Å²) in [7, 11) is 0. The van der Waals surface area contributed by atoms with E-state index in [1.165, 1.54) is 28.6 Å². The van der Waals surface area contributed by atoms with Crippen LogP contribution in [0, 0.1) is 5.92 Å². The van der Waals surface area contributed by atoms with E-state index in [9.17, 15) is 9.59 Å². The maximum atomic E-state index is 12.6. The van der Waals surface area contributed by atoms with Gasteiger partial charge in [0.25, 0.3) is 5.56 Å². The number of aromatic nitrogens is 2. The number of thioether (sulfide) groups is 1. The lowest BCUT2D eigenvalue weighted by Crippen LogP contribution is -2.22. The molecule has 4 rings (SSSR count). The lowest BCUT2D eigenvalue weighted by Gasteiger charge is -2.21. The Hall–Kier alpha value is -1.34. The van der Waals surface area contributed by atoms with E-state index in [4.69, 9.17) is 4.74 Å². The zero-order chi connectivity index (χ0) is 18.1. The molecule has 0 spiro atoms. The summed E-state index contributed by atoms with van der Waals surface area (Å²) >= 11 is 2.89. The molecule has 2 aromatic heterocycles. The summed E-state index contributed by atoms with van der Waals surface area (Å²) in [5, 5.41) is 1.26. The molecule has 0 bridgehead atoms. The fraction of sp³-hybridized carbons (Fsp3) is 0.632. The van der Waals surface area contributed by atoms with E-state index in [0.29, 0.717) is 11.1 Å². The zero-order valence-corrected chi connectivity index (χ0v) is 16.6. The minimum absolute atomic E-state index is 0.0670. The van der Waals surface area contributed by atoms with Crippen molar-refractivity contribution >= 4 is 39.3 Å². The van der Waals surface area contributed by atoms with Crippen LogP contribution in [0.4, 0.5) is 0 Å². The van der Waals surface area contributed by atoms with Crippen molar-refractivity contribution in [1.82, 2.24) is 9.97 Å². The van der Waals surface area contributed by atoms with Gasteiger partial charge in [-0.3, -0.25) is 9.59 Å². The van der Waals surface area contributed by atoms with Crippen LogP contribution >= 0.6 is 23.1 Å². The Labute approximate surface area is 160 Å². The molecule has 0 amide bonds. The first-order valence-electron chi connectivity index (χ1n) is 9.47. The molecule has 2 heterocycles. The zero-order valence-electron chi connectivity index (χ0n) is 15.0. The average Bonchev–Trinajstić information content (AvgIpc) is 2.98. The highest BCUT2D eigenvalue weighted by Gasteiger charge is 2.23. The third-order valence-electron chi connectivity index (χ3n) is 5.32. The number of carbonyl (C=O) groups is 1. The van der Waals surface area contributed by atoms with Gasteiger partial charge in [0.1, 0.15) is 10.9 Å². The number of nitrogens with one attached hydrogen (secondary N) is 1. The van der Waals surface area contributed by atoms with Gasteiger partial charge in [-0.1, -0.05) is 25.1 Å². The summed E-state index contributed by atoms with van der Waals surface area (Å²) in [5.41, 5.74) is 1.11. The van der Waals surface area contributed by atoms with Gasteiger partial charge < -0.3 is 9.72 Å². The van der Waals surface area contributed by atoms with Gasteiger partial charge in [0.15, 0.2) is 5.16 Å². The molecular weight excluding hydrogens is 368 g/mol. The number of aromatic amines is 1. The van der Waals surface area contributed by atoms with E-state index in [2.05, 4.69) is 16.9 Å². The molecule has 0 aliphatic heterocycles. The maximum absolute atomic E-state index is 12.6. The number of thiophene rings is 1. The van der Waals surface area contributed by atoms with Crippen LogP contribution in [0.25, 0.3) is 10.2 Å². The molecule has 7 heteroatoms. The van der Waals surface area contributed by atoms with Crippen LogP contribution in [0.1, 0.15) is 55.9 Å². The number of aryl methyl sites for hydroxylation is 1. The molecular formula is C19H24N2O3S2. The van der Waals surface area contributed by atoms with Crippen molar-refractivity contribution in [2.45, 2.75) is 69.6 Å². The fourth-order valence-corrected chi connectivity index (χ4v) is 6.01. The van der Waals surface area contributed by atoms with E-state index >= 15 is 0 Å². The van der Waals surface area contributed by atoms with Crippen LogP contribution < -0.4 is 5.56 Å². The molecule has 0 unspecified atom stereocenters. The van der Waals surface area contributed by atoms with Gasteiger partial charge in [-0.15, -0.1) is 11.3 Å². The number of hydrogen-bond donors (Lipinski definition) is 1. The second kappa shape index (κ2) is 7.72. The van der Waals surface area contributed by atoms with Gasteiger partial charge in [0.2, 0.25) is 0 Å². The average molecular weight is 393 g/mol. The Morgan fingerprint density at radius 1 is 1.31 bits per heavy atom. The SMILES string of the molecule is C[C@H]1CCc2c(sc3nc(SCC(=O)OC4CCCCC4)[nH]c(=O)c23)C1. The molecule has 1 saturated carbocycles. The highest BCUT2D eigenvalue weighted by molar-refractivity contribution is 7.99. The van der Waals surface area contributed by atoms with E-state index in [1.807, 2.05) is 0 Å². The lowest BCUT2D eigenvalue weighted by molar-refractivity contribution is -0.147. The van der Waals surface area contributed by atoms with Crippen molar-refractivity contribution in [2.75, 3.05) is 5.75 Å². The smallest absolute Gasteiger partial charge is 0.316 e. The van der Waals surface area contributed by atoms with Gasteiger partial charge in [-0.05, 0) is 56.4 Å². The Kier molecular flexibility index (Phi) is 5.36. The fourth-order valence-electron chi connectivity index (χ4n) is 3.93. The van der Waals surface area contributed by atoms with Crippen molar-refractivity contribution in [1.29, 1.82) is 0 Å². The first-order valence-corrected chi connectivity index (χ1v) is 11.3. The number of nitrogens with zero attached hydrogens (tertiary/aromatic N) is 1. The molecule has 1 fully saturated rings. The number of hydrogen-bond acceptors (Lipinski definition) is 6. The predicted molar refractivity (Wildman–Crippen MR) is 105 cm³/mol. The normalized spacial score (nSPS) is 20.9. The maximum Gasteiger partial charge on any atom is 0.316 e. The summed E-state index contributed by atoms with van der Waals surface area (Å²) in [4.78, 5) is 34.2. The molecule has 2 aliphatic rings. The number of rotatable bonds is 4. The van der Waals surface area contributed by atoms with Crippen LogP contribution in [0.15, 0.2) is 9.95 Å². The summed E-state index contributed by atoms with van der Waals surface area (Å²) in [6.45, 7) is 2.25. The third kappa shape index (κ3) is 3.83. The second-order valence-corrected chi connectivity index (χ2v) is 9.49. The molecule has 1 atom stereocenters. The predicted octanol–water partition coefficient (Wildman–Crippen LogP) is 4.08. The highest BCUT2D eigenvalue weighted by atomic mass is 32.2. The minimum Gasteiger partial charge on any atom is -0.462 e. The van der Waals surface area contributed by atoms with Crippen LogP contribution in [-0.4, -0.2) is 27.8 Å². The van der Waals surface area contributed by atoms with Gasteiger partial charge in [0, 0.05) is 4.88 Å². The summed E-state index contributed by atoms with van der Waals surface area (Å²) < 4.78 is 5.53. The molecule has 0 saturated heterocycles. The molecule has 0 radical (unpaired) electrons. The van der Waals surface area contributed by atoms with Crippen LogP contribution in [0.2, 0.25) is 0 Å². The summed E-state index contributed by atoms with van der Waals surface area (Å²) in [6, 6.07) is 0. The summed E-state index contributed by atoms with van der Waals surface area (Å²) in [6.07, 6.45) is 8.63. The molecule has 140 valence electrons. The topological polar surface area (TPSA) is 72.0 Å². The number of carbonyl (C=O) groups excluding carboxylic acids is 1. The summed E-state index contributed by atoms with van der Waals surface area (Å²) in [5.74, 6) is 0.634. The van der Waals surface area contributed by atoms with Gasteiger partial charge in [-0.25, -0.2) is 4.98 Å². The van der Waals surface area contributed by atoms with Gasteiger partial charge in [-0.2, -0.15) is 0 Å². The Balaban J connectivity index is 1.45. The quantitative estimate of drug-likeness (QED) is 0.482. The Morgan fingerprint density at radius 2 is 2.12 bits per heavy atom. The first kappa shape index (κ1) is 18.0. The molecule has 2 aliphatic carbocycles. The third-order valence-corrected chi connectivity index (χ3v) is 7.32. The minimum atomic E-state index is -0.219. The van der Waals surface area contributed by atoms with Crippen LogP contribution in [-0.2, 0) is 22.4 Å². The standard InChI is InChI=1S/C19H24N2O3S2/c1-11-7-8-13-14(9-11)26-18-16(13)17(23)20-19(21-18)25-10-15(22)24-12-5-3-2-4-6-12/h11-12H,2-10H2,1H3,(H,20,21,23)/t11-/m0/s1. The van der Waals surface area contributed by atoms with Gasteiger partial charge in [0.05, 0.1) is 11.1 Å². The van der Waals surface area contributed by atoms with E-state index in [1.54, 1.807) is 11.3 Å². The van der Waals surface area contributed by atoms with Crippen molar-refractivity contribution in [2.24, 2.45) is 5.92 Å². The Morgan fingerprint density at radius 3 is 2.92 bits per heavy atom. The number of ether oxygens (including phenoxy) is 1. The van der Waals surface area contributed by atoms with Gasteiger partial charge >= 0.3 is 5.97 Å². The van der Waals surface area contributed by atoms with E-state index in [-0.39, 0.29) is 23.4 Å². The molecule has 5 nitrogen and oxygen atoms in total. The van der Waals surface area contributed by atoms with E-state index in [0.717, 1.165) is 55.2 Å². The van der Waals surface area contributed by atoms with Crippen molar-refractivity contribution in [3.05, 3.63) is 20.8 Å². The largest absolute Gasteiger partial charge is 0.462 e. The molecule has 26 heavy (non-hydrogen) atoms. The lowest BCUT2D eigenvalue weighted by atomic mass is 9.89. The number of fused-ring (bicyclic) bond motifs is 3. The van der Waals surface area contributed by atoms with Crippen molar-refractivity contribution in [3.63, 3.8) is 0 Å². The van der Waals surface area contributed by atoms with Crippen molar-refractivity contribution in [3.8, 4) is 0 Å². The second-order valence-electron chi connectivity index (χ2n) is 7.44. The van der Waals surface area contributed by atoms with E-state index < -0.39 is 0 Å². The van der Waals surface area contributed by atoms with Crippen LogP contribution in [0.3, 0.4) is 0 Å². The molecule has 0 aromatic carbocycles. The molecule has 1 N–H and O–H groups in total. The van der Waals surface area contributed by atoms with Crippen molar-refractivity contribution < 1.29 is 9.53 Å². The number of H-pyrrole nitrogens is 1. The highest BCUT2D eigenvalue weighted by Crippen LogP contribution is 2.36.